The Kier molecular flexibility index (Phi) is 7.22. The first-order valence-electron chi connectivity index (χ1n) is 8.97. The van der Waals surface area contributed by atoms with Crippen LogP contribution in [0.1, 0.15) is 61.8 Å². The van der Waals surface area contributed by atoms with Gasteiger partial charge < -0.3 is 0 Å². The predicted octanol–water partition coefficient (Wildman–Crippen LogP) is 6.16. The van der Waals surface area contributed by atoms with Crippen LogP contribution in [-0.2, 0) is 25.7 Å². The molecule has 0 saturated heterocycles. The Morgan fingerprint density at radius 2 is 0.727 bits per heavy atom. The second-order valence-corrected chi connectivity index (χ2v) is 6.34. The minimum absolute atomic E-state index is 1.14. The minimum Gasteiger partial charge on any atom is -0.0654 e. The van der Waals surface area contributed by atoms with Gasteiger partial charge in [-0.3, -0.25) is 0 Å². The summed E-state index contributed by atoms with van der Waals surface area (Å²) in [5.41, 5.74) is 5.86. The highest BCUT2D eigenvalue weighted by atomic mass is 14.0. The van der Waals surface area contributed by atoms with Crippen molar-refractivity contribution in [1.82, 2.24) is 0 Å². The minimum atomic E-state index is 1.14. The lowest BCUT2D eigenvalue weighted by molar-refractivity contribution is 0.793. The fourth-order valence-corrected chi connectivity index (χ4v) is 2.80. The van der Waals surface area contributed by atoms with Crippen molar-refractivity contribution < 1.29 is 0 Å². The van der Waals surface area contributed by atoms with Crippen molar-refractivity contribution in [3.05, 3.63) is 70.8 Å². The van der Waals surface area contributed by atoms with Crippen molar-refractivity contribution in [3.8, 4) is 0 Å². The van der Waals surface area contributed by atoms with E-state index in [1.165, 1.54) is 60.8 Å². The molecule has 0 atom stereocenters. The summed E-state index contributed by atoms with van der Waals surface area (Å²) in [4.78, 5) is 0. The summed E-state index contributed by atoms with van der Waals surface area (Å²) in [6, 6.07) is 18.4. The molecule has 0 aliphatic heterocycles. The molecule has 2 rings (SSSR count). The normalized spacial score (nSPS) is 10.8. The van der Waals surface area contributed by atoms with E-state index in [0.717, 1.165) is 12.8 Å². The number of hydrogen-bond donors (Lipinski definition) is 0. The summed E-state index contributed by atoms with van der Waals surface area (Å²) in [5, 5.41) is 0. The molecule has 0 bridgehead atoms. The Bertz CT molecular complexity index is 467. The molecule has 0 amide bonds. The highest BCUT2D eigenvalue weighted by Gasteiger charge is 1.98. The van der Waals surface area contributed by atoms with Crippen LogP contribution in [0, 0.1) is 0 Å². The maximum atomic E-state index is 2.31. The van der Waals surface area contributed by atoms with E-state index in [1.807, 2.05) is 0 Å². The van der Waals surface area contributed by atoms with Crippen molar-refractivity contribution >= 4 is 0 Å². The smallest absolute Gasteiger partial charge is 0.0238 e. The van der Waals surface area contributed by atoms with E-state index in [0.29, 0.717) is 0 Å². The van der Waals surface area contributed by atoms with Crippen molar-refractivity contribution in [2.24, 2.45) is 0 Å². The molecule has 0 fully saturated rings. The molecule has 118 valence electrons. The predicted molar refractivity (Wildman–Crippen MR) is 97.5 cm³/mol. The number of hydrogen-bond acceptors (Lipinski definition) is 0. The van der Waals surface area contributed by atoms with Crippen LogP contribution in [-0.4, -0.2) is 0 Å². The molecule has 0 unspecified atom stereocenters. The summed E-state index contributed by atoms with van der Waals surface area (Å²) in [6.45, 7) is 4.50. The second-order valence-electron chi connectivity index (χ2n) is 6.34. The zero-order valence-electron chi connectivity index (χ0n) is 14.3. The summed E-state index contributed by atoms with van der Waals surface area (Å²) in [5.74, 6) is 0. The average Bonchev–Trinajstić information content (AvgIpc) is 2.58. The van der Waals surface area contributed by atoms with Gasteiger partial charge in [-0.15, -0.1) is 0 Å². The van der Waals surface area contributed by atoms with Crippen LogP contribution in [0.3, 0.4) is 0 Å². The molecule has 0 N–H and O–H groups in total. The Labute approximate surface area is 136 Å². The van der Waals surface area contributed by atoms with Gasteiger partial charge in [0.2, 0.25) is 0 Å². The van der Waals surface area contributed by atoms with Crippen LogP contribution in [0.15, 0.2) is 48.5 Å². The van der Waals surface area contributed by atoms with Crippen LogP contribution >= 0.6 is 0 Å². The largest absolute Gasteiger partial charge is 0.0654 e. The van der Waals surface area contributed by atoms with Crippen LogP contribution in [0.5, 0.6) is 0 Å². The molecule has 0 radical (unpaired) electrons. The SMILES string of the molecule is CCCCc1ccc(CCc2ccc(CCCC)cc2)cc1. The average molecular weight is 294 g/mol. The number of rotatable bonds is 9. The number of aryl methyl sites for hydroxylation is 4. The van der Waals surface area contributed by atoms with Crippen LogP contribution in [0.2, 0.25) is 0 Å². The molecule has 0 aliphatic rings. The van der Waals surface area contributed by atoms with Crippen molar-refractivity contribution in [2.45, 2.75) is 65.2 Å². The third-order valence-electron chi connectivity index (χ3n) is 4.39. The Morgan fingerprint density at radius 3 is 1.00 bits per heavy atom. The number of benzene rings is 2. The van der Waals surface area contributed by atoms with E-state index in [1.54, 1.807) is 0 Å². The fraction of sp³-hybridized carbons (Fsp3) is 0.455. The second kappa shape index (κ2) is 9.46. The van der Waals surface area contributed by atoms with Gasteiger partial charge in [-0.05, 0) is 60.8 Å². The first-order valence-corrected chi connectivity index (χ1v) is 8.97. The van der Waals surface area contributed by atoms with E-state index in [9.17, 15) is 0 Å². The van der Waals surface area contributed by atoms with E-state index in [-0.39, 0.29) is 0 Å². The van der Waals surface area contributed by atoms with Gasteiger partial charge in [0, 0.05) is 0 Å². The van der Waals surface area contributed by atoms with Crippen LogP contribution in [0.25, 0.3) is 0 Å². The monoisotopic (exact) mass is 294 g/mol. The molecular weight excluding hydrogens is 264 g/mol. The van der Waals surface area contributed by atoms with Crippen LogP contribution < -0.4 is 0 Å². The molecule has 0 saturated carbocycles. The summed E-state index contributed by atoms with van der Waals surface area (Å²) in [6.07, 6.45) is 9.86. The summed E-state index contributed by atoms with van der Waals surface area (Å²) >= 11 is 0. The third-order valence-corrected chi connectivity index (χ3v) is 4.39. The van der Waals surface area contributed by atoms with Crippen molar-refractivity contribution in [1.29, 1.82) is 0 Å². The van der Waals surface area contributed by atoms with Gasteiger partial charge in [-0.1, -0.05) is 75.2 Å². The first kappa shape index (κ1) is 16.8. The number of unbranched alkanes of at least 4 members (excludes halogenated alkanes) is 2. The summed E-state index contributed by atoms with van der Waals surface area (Å²) in [7, 11) is 0. The van der Waals surface area contributed by atoms with E-state index < -0.39 is 0 Å². The lowest BCUT2D eigenvalue weighted by Crippen LogP contribution is -1.93. The molecule has 22 heavy (non-hydrogen) atoms. The van der Waals surface area contributed by atoms with E-state index in [2.05, 4.69) is 62.4 Å². The van der Waals surface area contributed by atoms with Gasteiger partial charge in [-0.25, -0.2) is 0 Å². The maximum absolute atomic E-state index is 2.31. The van der Waals surface area contributed by atoms with Gasteiger partial charge in [0.05, 0.1) is 0 Å². The molecular formula is C22H30. The van der Waals surface area contributed by atoms with Gasteiger partial charge in [0.25, 0.3) is 0 Å². The summed E-state index contributed by atoms with van der Waals surface area (Å²) < 4.78 is 0. The fourth-order valence-electron chi connectivity index (χ4n) is 2.80. The highest BCUT2D eigenvalue weighted by molar-refractivity contribution is 5.26. The molecule has 0 nitrogen and oxygen atoms in total. The van der Waals surface area contributed by atoms with Gasteiger partial charge >= 0.3 is 0 Å². The van der Waals surface area contributed by atoms with Gasteiger partial charge in [0.1, 0.15) is 0 Å². The molecule has 2 aromatic rings. The molecule has 0 aliphatic carbocycles. The molecule has 0 spiro atoms. The van der Waals surface area contributed by atoms with Crippen molar-refractivity contribution in [3.63, 3.8) is 0 Å². The molecule has 0 heteroatoms. The van der Waals surface area contributed by atoms with E-state index in [4.69, 9.17) is 0 Å². The Morgan fingerprint density at radius 1 is 0.455 bits per heavy atom. The molecule has 0 aromatic heterocycles. The topological polar surface area (TPSA) is 0 Å². The third kappa shape index (κ3) is 5.67. The lowest BCUT2D eigenvalue weighted by Gasteiger charge is -2.06. The standard InChI is InChI=1S/C22H30/c1-3-5-7-19-9-13-21(14-10-19)17-18-22-15-11-20(12-16-22)8-6-4-2/h9-16H,3-8,17-18H2,1-2H3. The van der Waals surface area contributed by atoms with Crippen LogP contribution in [0.4, 0.5) is 0 Å². The van der Waals surface area contributed by atoms with Gasteiger partial charge in [0.15, 0.2) is 0 Å². The lowest BCUT2D eigenvalue weighted by atomic mass is 10.00. The van der Waals surface area contributed by atoms with Crippen molar-refractivity contribution in [2.75, 3.05) is 0 Å². The van der Waals surface area contributed by atoms with Gasteiger partial charge in [-0.2, -0.15) is 0 Å². The maximum Gasteiger partial charge on any atom is -0.0238 e. The Hall–Kier alpha value is -1.56. The Balaban J connectivity index is 1.81. The quantitative estimate of drug-likeness (QED) is 0.520. The van der Waals surface area contributed by atoms with E-state index >= 15 is 0 Å². The zero-order valence-corrected chi connectivity index (χ0v) is 14.3. The zero-order chi connectivity index (χ0) is 15.6. The first-order chi connectivity index (χ1) is 10.8. The molecule has 2 aromatic carbocycles. The highest BCUT2D eigenvalue weighted by Crippen LogP contribution is 2.13. The molecule has 0 heterocycles.